The van der Waals surface area contributed by atoms with E-state index in [0.29, 0.717) is 22.9 Å². The van der Waals surface area contributed by atoms with E-state index in [9.17, 15) is 9.90 Å². The van der Waals surface area contributed by atoms with Gasteiger partial charge in [0.2, 0.25) is 0 Å². The number of hydrogen-bond donors (Lipinski definition) is 1. The van der Waals surface area contributed by atoms with Crippen LogP contribution in [0.5, 0.6) is 0 Å². The minimum Gasteiger partial charge on any atom is -0.480 e. The van der Waals surface area contributed by atoms with Crippen LogP contribution in [-0.4, -0.2) is 28.2 Å². The van der Waals surface area contributed by atoms with Crippen molar-refractivity contribution in [1.29, 1.82) is 0 Å². The van der Waals surface area contributed by atoms with Crippen molar-refractivity contribution < 1.29 is 14.4 Å². The number of hydrogen-bond acceptors (Lipinski definition) is 4. The van der Waals surface area contributed by atoms with Gasteiger partial charge in [0.15, 0.2) is 5.76 Å². The quantitative estimate of drug-likeness (QED) is 0.918. The molecule has 21 heavy (non-hydrogen) atoms. The van der Waals surface area contributed by atoms with Crippen LogP contribution in [-0.2, 0) is 11.3 Å². The summed E-state index contributed by atoms with van der Waals surface area (Å²) in [6.07, 6.45) is 0. The SMILES string of the molecule is Cc1ccc(Cl)c([C@H](C(=O)O)N(C)Cc2cc(C)no2)c1. The molecule has 112 valence electrons. The van der Waals surface area contributed by atoms with Gasteiger partial charge >= 0.3 is 5.97 Å². The Morgan fingerprint density at radius 3 is 2.71 bits per heavy atom. The molecule has 1 atom stereocenters. The monoisotopic (exact) mass is 308 g/mol. The first-order valence-electron chi connectivity index (χ1n) is 6.49. The molecular weight excluding hydrogens is 292 g/mol. The van der Waals surface area contributed by atoms with Gasteiger partial charge in [-0.2, -0.15) is 0 Å². The molecule has 0 bridgehead atoms. The summed E-state index contributed by atoms with van der Waals surface area (Å²) in [6, 6.07) is 6.30. The summed E-state index contributed by atoms with van der Waals surface area (Å²) in [5.41, 5.74) is 2.30. The summed E-state index contributed by atoms with van der Waals surface area (Å²) in [6.45, 7) is 4.06. The molecule has 0 spiro atoms. The van der Waals surface area contributed by atoms with E-state index >= 15 is 0 Å². The van der Waals surface area contributed by atoms with Gasteiger partial charge in [0, 0.05) is 11.1 Å². The van der Waals surface area contributed by atoms with E-state index in [1.165, 1.54) is 0 Å². The zero-order valence-electron chi connectivity index (χ0n) is 12.1. The Morgan fingerprint density at radius 2 is 2.14 bits per heavy atom. The second-order valence-electron chi connectivity index (χ2n) is 5.12. The van der Waals surface area contributed by atoms with Crippen LogP contribution < -0.4 is 0 Å². The van der Waals surface area contributed by atoms with Crippen LogP contribution >= 0.6 is 11.6 Å². The molecular formula is C15H17ClN2O3. The van der Waals surface area contributed by atoms with Crippen LogP contribution in [0, 0.1) is 13.8 Å². The molecule has 2 rings (SSSR count). The Kier molecular flexibility index (Phi) is 4.65. The van der Waals surface area contributed by atoms with Crippen molar-refractivity contribution in [2.75, 3.05) is 7.05 Å². The fourth-order valence-electron chi connectivity index (χ4n) is 2.26. The molecule has 2 aromatic rings. The van der Waals surface area contributed by atoms with Gasteiger partial charge in [-0.1, -0.05) is 34.5 Å². The van der Waals surface area contributed by atoms with Gasteiger partial charge in [-0.25, -0.2) is 0 Å². The second-order valence-corrected chi connectivity index (χ2v) is 5.52. The zero-order valence-corrected chi connectivity index (χ0v) is 12.9. The number of likely N-dealkylation sites (N-methyl/N-ethyl adjacent to an activating group) is 1. The van der Waals surface area contributed by atoms with Crippen molar-refractivity contribution in [3.8, 4) is 0 Å². The summed E-state index contributed by atoms with van der Waals surface area (Å²) < 4.78 is 5.14. The number of halogens is 1. The molecule has 1 N–H and O–H groups in total. The highest BCUT2D eigenvalue weighted by Gasteiger charge is 2.27. The van der Waals surface area contributed by atoms with Crippen molar-refractivity contribution in [1.82, 2.24) is 10.1 Å². The minimum atomic E-state index is -0.957. The molecule has 0 radical (unpaired) electrons. The summed E-state index contributed by atoms with van der Waals surface area (Å²) in [7, 11) is 1.72. The first-order valence-corrected chi connectivity index (χ1v) is 6.87. The molecule has 0 amide bonds. The molecule has 0 fully saturated rings. The first kappa shape index (κ1) is 15.5. The molecule has 0 saturated carbocycles. The number of nitrogens with zero attached hydrogens (tertiary/aromatic N) is 2. The third kappa shape index (κ3) is 3.62. The van der Waals surface area contributed by atoms with Gasteiger partial charge < -0.3 is 9.63 Å². The number of aryl methyl sites for hydroxylation is 2. The van der Waals surface area contributed by atoms with Crippen molar-refractivity contribution >= 4 is 17.6 Å². The predicted octanol–water partition coefficient (Wildman–Crippen LogP) is 3.20. The van der Waals surface area contributed by atoms with Gasteiger partial charge in [0.1, 0.15) is 6.04 Å². The smallest absolute Gasteiger partial charge is 0.325 e. The van der Waals surface area contributed by atoms with Gasteiger partial charge in [0.25, 0.3) is 0 Å². The second kappa shape index (κ2) is 6.28. The summed E-state index contributed by atoms with van der Waals surface area (Å²) in [4.78, 5) is 13.3. The van der Waals surface area contributed by atoms with Crippen LogP contribution in [0.2, 0.25) is 5.02 Å². The molecule has 0 aliphatic carbocycles. The van der Waals surface area contributed by atoms with E-state index < -0.39 is 12.0 Å². The largest absolute Gasteiger partial charge is 0.480 e. The molecule has 1 aromatic carbocycles. The molecule has 0 unspecified atom stereocenters. The molecule has 0 aliphatic rings. The predicted molar refractivity (Wildman–Crippen MR) is 79.3 cm³/mol. The van der Waals surface area contributed by atoms with Crippen LogP contribution in [0.1, 0.15) is 28.6 Å². The summed E-state index contributed by atoms with van der Waals surface area (Å²) in [5, 5.41) is 13.8. The first-order chi connectivity index (χ1) is 9.88. The molecule has 5 nitrogen and oxygen atoms in total. The molecule has 0 aliphatic heterocycles. The number of aromatic nitrogens is 1. The number of rotatable bonds is 5. The van der Waals surface area contributed by atoms with E-state index in [2.05, 4.69) is 5.16 Å². The van der Waals surface area contributed by atoms with Gasteiger partial charge in [0.05, 0.1) is 12.2 Å². The van der Waals surface area contributed by atoms with Gasteiger partial charge in [-0.05, 0) is 32.5 Å². The summed E-state index contributed by atoms with van der Waals surface area (Å²) in [5.74, 6) is -0.341. The number of carboxylic acids is 1. The average molecular weight is 309 g/mol. The topological polar surface area (TPSA) is 66.6 Å². The highest BCUT2D eigenvalue weighted by Crippen LogP contribution is 2.29. The standard InChI is InChI=1S/C15H17ClN2O3/c1-9-4-5-13(16)12(6-9)14(15(19)20)18(3)8-11-7-10(2)17-21-11/h4-7,14H,8H2,1-3H3,(H,19,20)/t14-/m1/s1. The maximum Gasteiger partial charge on any atom is 0.325 e. The van der Waals surface area contributed by atoms with Crippen LogP contribution in [0.4, 0.5) is 0 Å². The molecule has 6 heteroatoms. The van der Waals surface area contributed by atoms with E-state index in [1.54, 1.807) is 30.1 Å². The Balaban J connectivity index is 2.30. The van der Waals surface area contributed by atoms with Crippen molar-refractivity contribution in [3.05, 3.63) is 51.9 Å². The lowest BCUT2D eigenvalue weighted by molar-refractivity contribution is -0.143. The van der Waals surface area contributed by atoms with Gasteiger partial charge in [-0.15, -0.1) is 0 Å². The number of carbonyl (C=O) groups is 1. The third-order valence-electron chi connectivity index (χ3n) is 3.20. The highest BCUT2D eigenvalue weighted by atomic mass is 35.5. The Labute approximate surface area is 128 Å². The lowest BCUT2D eigenvalue weighted by atomic mass is 10.0. The van der Waals surface area contributed by atoms with Gasteiger partial charge in [-0.3, -0.25) is 9.69 Å². The maximum absolute atomic E-state index is 11.7. The summed E-state index contributed by atoms with van der Waals surface area (Å²) >= 11 is 6.16. The fraction of sp³-hybridized carbons (Fsp3) is 0.333. The third-order valence-corrected chi connectivity index (χ3v) is 3.55. The Morgan fingerprint density at radius 1 is 1.43 bits per heavy atom. The van der Waals surface area contributed by atoms with E-state index in [0.717, 1.165) is 11.3 Å². The lowest BCUT2D eigenvalue weighted by Crippen LogP contribution is -2.30. The van der Waals surface area contributed by atoms with E-state index in [4.69, 9.17) is 16.1 Å². The molecule has 0 saturated heterocycles. The van der Waals surface area contributed by atoms with Crippen LogP contribution in [0.15, 0.2) is 28.8 Å². The van der Waals surface area contributed by atoms with Crippen LogP contribution in [0.25, 0.3) is 0 Å². The van der Waals surface area contributed by atoms with Crippen molar-refractivity contribution in [2.24, 2.45) is 0 Å². The lowest BCUT2D eigenvalue weighted by Gasteiger charge is -2.24. The number of aliphatic carboxylic acids is 1. The Hall–Kier alpha value is -1.85. The number of benzene rings is 1. The average Bonchev–Trinajstić information content (AvgIpc) is 2.79. The van der Waals surface area contributed by atoms with E-state index in [-0.39, 0.29) is 0 Å². The fourth-order valence-corrected chi connectivity index (χ4v) is 2.48. The normalized spacial score (nSPS) is 12.6. The van der Waals surface area contributed by atoms with E-state index in [1.807, 2.05) is 19.9 Å². The maximum atomic E-state index is 11.7. The van der Waals surface area contributed by atoms with Crippen molar-refractivity contribution in [3.63, 3.8) is 0 Å². The number of carboxylic acid groups (broad SMARTS) is 1. The Bertz CT molecular complexity index is 654. The zero-order chi connectivity index (χ0) is 15.6. The van der Waals surface area contributed by atoms with Crippen LogP contribution in [0.3, 0.4) is 0 Å². The molecule has 1 heterocycles. The highest BCUT2D eigenvalue weighted by molar-refractivity contribution is 6.31. The van der Waals surface area contributed by atoms with Crippen molar-refractivity contribution in [2.45, 2.75) is 26.4 Å². The minimum absolute atomic E-state index is 0.335. The molecule has 1 aromatic heterocycles.